The summed E-state index contributed by atoms with van der Waals surface area (Å²) in [6, 6.07) is 0.898. The second kappa shape index (κ2) is 3.52. The number of piperidine rings is 1. The lowest BCUT2D eigenvalue weighted by Gasteiger charge is -2.45. The van der Waals surface area contributed by atoms with Crippen molar-refractivity contribution in [3.8, 4) is 0 Å². The minimum absolute atomic E-state index is 0.749. The zero-order valence-corrected chi connectivity index (χ0v) is 9.23. The Morgan fingerprint density at radius 1 is 0.929 bits per heavy atom. The Balaban J connectivity index is 1.70. The highest BCUT2D eigenvalue weighted by molar-refractivity contribution is 4.97. The van der Waals surface area contributed by atoms with Crippen LogP contribution in [0.2, 0.25) is 0 Å². The Labute approximate surface area is 87.7 Å². The lowest BCUT2D eigenvalue weighted by molar-refractivity contribution is 0.0943. The molecule has 3 rings (SSSR count). The number of fused-ring (bicyclic) bond motifs is 1. The van der Waals surface area contributed by atoms with Gasteiger partial charge in [0.1, 0.15) is 0 Å². The molecule has 2 atom stereocenters. The Kier molecular flexibility index (Phi) is 2.31. The maximum absolute atomic E-state index is 3.85. The summed E-state index contributed by atoms with van der Waals surface area (Å²) in [7, 11) is 0. The van der Waals surface area contributed by atoms with E-state index in [1.807, 2.05) is 0 Å². The number of rotatable bonds is 0. The fourth-order valence-corrected chi connectivity index (χ4v) is 4.20. The molecular weight excluding hydrogens is 170 g/mol. The van der Waals surface area contributed by atoms with Crippen molar-refractivity contribution >= 4 is 0 Å². The summed E-state index contributed by atoms with van der Waals surface area (Å²) in [6.07, 6.45) is 13.5. The molecule has 80 valence electrons. The van der Waals surface area contributed by atoms with E-state index in [0.717, 1.165) is 17.4 Å². The molecule has 0 aromatic heterocycles. The van der Waals surface area contributed by atoms with Crippen LogP contribution in [0.15, 0.2) is 0 Å². The smallest absolute Gasteiger partial charge is 0.00957 e. The van der Waals surface area contributed by atoms with Crippen LogP contribution in [0.4, 0.5) is 0 Å². The van der Waals surface area contributed by atoms with Crippen LogP contribution in [-0.2, 0) is 0 Å². The summed E-state index contributed by atoms with van der Waals surface area (Å²) in [5.41, 5.74) is 0.749. The van der Waals surface area contributed by atoms with Gasteiger partial charge in [0, 0.05) is 12.6 Å². The normalized spacial score (nSPS) is 41.1. The quantitative estimate of drug-likeness (QED) is 0.623. The van der Waals surface area contributed by atoms with E-state index in [1.54, 1.807) is 6.42 Å². The molecule has 14 heavy (non-hydrogen) atoms. The lowest BCUT2D eigenvalue weighted by Crippen LogP contribution is -2.51. The Morgan fingerprint density at radius 2 is 1.71 bits per heavy atom. The van der Waals surface area contributed by atoms with Gasteiger partial charge >= 0.3 is 0 Å². The molecule has 0 unspecified atom stereocenters. The van der Waals surface area contributed by atoms with Crippen LogP contribution in [0.1, 0.15) is 57.8 Å². The fraction of sp³-hybridized carbons (Fsp3) is 1.00. The van der Waals surface area contributed by atoms with Gasteiger partial charge < -0.3 is 5.32 Å². The van der Waals surface area contributed by atoms with Crippen LogP contribution in [0, 0.1) is 11.3 Å². The zero-order valence-electron chi connectivity index (χ0n) is 9.23. The van der Waals surface area contributed by atoms with Crippen LogP contribution >= 0.6 is 0 Å². The van der Waals surface area contributed by atoms with Crippen LogP contribution in [0.25, 0.3) is 0 Å². The third-order valence-corrected chi connectivity index (χ3v) is 5.01. The standard InChI is InChI=1S/C13H23N/c1-2-6-12-11(5-1)9-13(10-14-12)7-3-4-8-13/h11-12,14H,1-10H2/t11-,12+/m1/s1. The van der Waals surface area contributed by atoms with Gasteiger partial charge in [0.05, 0.1) is 0 Å². The highest BCUT2D eigenvalue weighted by atomic mass is 15.0. The molecule has 1 nitrogen and oxygen atoms in total. The summed E-state index contributed by atoms with van der Waals surface area (Å²) >= 11 is 0. The van der Waals surface area contributed by atoms with E-state index in [9.17, 15) is 0 Å². The Morgan fingerprint density at radius 3 is 2.57 bits per heavy atom. The maximum atomic E-state index is 3.85. The third kappa shape index (κ3) is 1.50. The van der Waals surface area contributed by atoms with Crippen molar-refractivity contribution in [3.63, 3.8) is 0 Å². The summed E-state index contributed by atoms with van der Waals surface area (Å²) in [6.45, 7) is 1.34. The van der Waals surface area contributed by atoms with Crippen molar-refractivity contribution in [2.24, 2.45) is 11.3 Å². The van der Waals surface area contributed by atoms with E-state index in [0.29, 0.717) is 0 Å². The van der Waals surface area contributed by atoms with Crippen molar-refractivity contribution in [2.75, 3.05) is 6.54 Å². The Hall–Kier alpha value is -0.0400. The summed E-state index contributed by atoms with van der Waals surface area (Å²) < 4.78 is 0. The SMILES string of the molecule is C1CC[C@@H]2NCC3(CCCC3)C[C@H]2C1. The minimum Gasteiger partial charge on any atom is -0.313 e. The van der Waals surface area contributed by atoms with Crippen LogP contribution in [0.3, 0.4) is 0 Å². The van der Waals surface area contributed by atoms with Gasteiger partial charge in [-0.3, -0.25) is 0 Å². The molecule has 2 aliphatic carbocycles. The van der Waals surface area contributed by atoms with Gasteiger partial charge in [0.25, 0.3) is 0 Å². The third-order valence-electron chi connectivity index (χ3n) is 5.01. The molecule has 1 heterocycles. The fourth-order valence-electron chi connectivity index (χ4n) is 4.20. The Bertz CT molecular complexity index is 205. The number of hydrogen-bond donors (Lipinski definition) is 1. The molecule has 1 saturated heterocycles. The number of nitrogens with one attached hydrogen (secondary N) is 1. The van der Waals surface area contributed by atoms with Gasteiger partial charge in [-0.25, -0.2) is 0 Å². The number of hydrogen-bond acceptors (Lipinski definition) is 1. The first-order valence-electron chi connectivity index (χ1n) is 6.61. The molecule has 0 bridgehead atoms. The first kappa shape index (κ1) is 9.21. The van der Waals surface area contributed by atoms with Gasteiger partial charge in [-0.15, -0.1) is 0 Å². The van der Waals surface area contributed by atoms with Crippen molar-refractivity contribution in [1.82, 2.24) is 5.32 Å². The van der Waals surface area contributed by atoms with Crippen molar-refractivity contribution in [3.05, 3.63) is 0 Å². The van der Waals surface area contributed by atoms with Crippen LogP contribution in [0.5, 0.6) is 0 Å². The predicted molar refractivity (Wildman–Crippen MR) is 59.3 cm³/mol. The van der Waals surface area contributed by atoms with Gasteiger partial charge in [-0.05, 0) is 43.4 Å². The molecule has 0 amide bonds. The highest BCUT2D eigenvalue weighted by Gasteiger charge is 2.42. The average Bonchev–Trinajstić information content (AvgIpc) is 2.66. The summed E-state index contributed by atoms with van der Waals surface area (Å²) in [4.78, 5) is 0. The molecule has 1 aliphatic heterocycles. The van der Waals surface area contributed by atoms with Crippen LogP contribution < -0.4 is 5.32 Å². The second-order valence-corrected chi connectivity index (χ2v) is 5.94. The topological polar surface area (TPSA) is 12.0 Å². The summed E-state index contributed by atoms with van der Waals surface area (Å²) in [5, 5.41) is 3.85. The maximum Gasteiger partial charge on any atom is 0.00957 e. The lowest BCUT2D eigenvalue weighted by atomic mass is 9.68. The predicted octanol–water partition coefficient (Wildman–Crippen LogP) is 3.10. The van der Waals surface area contributed by atoms with Crippen molar-refractivity contribution in [1.29, 1.82) is 0 Å². The van der Waals surface area contributed by atoms with Crippen molar-refractivity contribution in [2.45, 2.75) is 63.8 Å². The molecule has 0 aromatic rings. The van der Waals surface area contributed by atoms with Gasteiger partial charge in [0.15, 0.2) is 0 Å². The second-order valence-electron chi connectivity index (χ2n) is 5.94. The van der Waals surface area contributed by atoms with E-state index in [1.165, 1.54) is 57.9 Å². The van der Waals surface area contributed by atoms with E-state index >= 15 is 0 Å². The first-order chi connectivity index (χ1) is 6.88. The molecule has 0 aromatic carbocycles. The van der Waals surface area contributed by atoms with Gasteiger partial charge in [-0.1, -0.05) is 25.7 Å². The van der Waals surface area contributed by atoms with E-state index < -0.39 is 0 Å². The molecule has 2 saturated carbocycles. The van der Waals surface area contributed by atoms with Crippen molar-refractivity contribution < 1.29 is 0 Å². The zero-order chi connectivity index (χ0) is 9.43. The molecule has 3 fully saturated rings. The van der Waals surface area contributed by atoms with E-state index in [4.69, 9.17) is 0 Å². The molecule has 1 heteroatoms. The first-order valence-corrected chi connectivity index (χ1v) is 6.61. The van der Waals surface area contributed by atoms with E-state index in [2.05, 4.69) is 5.32 Å². The molecule has 3 aliphatic rings. The van der Waals surface area contributed by atoms with E-state index in [-0.39, 0.29) is 0 Å². The van der Waals surface area contributed by atoms with Crippen LogP contribution in [-0.4, -0.2) is 12.6 Å². The summed E-state index contributed by atoms with van der Waals surface area (Å²) in [5.74, 6) is 1.04. The monoisotopic (exact) mass is 193 g/mol. The molecule has 0 radical (unpaired) electrons. The molecular formula is C13H23N. The largest absolute Gasteiger partial charge is 0.313 e. The van der Waals surface area contributed by atoms with Gasteiger partial charge in [0.2, 0.25) is 0 Å². The molecule has 1 spiro atoms. The average molecular weight is 193 g/mol. The minimum atomic E-state index is 0.749. The van der Waals surface area contributed by atoms with Gasteiger partial charge in [-0.2, -0.15) is 0 Å². The molecule has 1 N–H and O–H groups in total. The highest BCUT2D eigenvalue weighted by Crippen LogP contribution is 2.48.